The van der Waals surface area contributed by atoms with E-state index < -0.39 is 0 Å². The highest BCUT2D eigenvalue weighted by molar-refractivity contribution is 5.91. The van der Waals surface area contributed by atoms with Crippen LogP contribution in [0.2, 0.25) is 0 Å². The number of hydrogen-bond donors (Lipinski definition) is 1. The van der Waals surface area contributed by atoms with Gasteiger partial charge in [-0.3, -0.25) is 0 Å². The molecule has 0 fully saturated rings. The first kappa shape index (κ1) is 13.9. The molecule has 102 valence electrons. The number of hydrogen-bond acceptors (Lipinski definition) is 2. The smallest absolute Gasteiger partial charge is 0.127 e. The Labute approximate surface area is 115 Å². The average Bonchev–Trinajstić information content (AvgIpc) is 2.38. The summed E-state index contributed by atoms with van der Waals surface area (Å²) >= 11 is 0. The van der Waals surface area contributed by atoms with Crippen LogP contribution in [0.4, 0.5) is 0 Å². The second-order valence-corrected chi connectivity index (χ2v) is 5.53. The van der Waals surface area contributed by atoms with Crippen LogP contribution >= 0.6 is 0 Å². The van der Waals surface area contributed by atoms with E-state index in [0.717, 1.165) is 17.6 Å². The van der Waals surface area contributed by atoms with Gasteiger partial charge in [0.05, 0.1) is 6.10 Å². The van der Waals surface area contributed by atoms with E-state index in [2.05, 4.69) is 39.0 Å². The van der Waals surface area contributed by atoms with Crippen LogP contribution in [0.5, 0.6) is 5.75 Å². The Balaban J connectivity index is 2.34. The van der Waals surface area contributed by atoms with Crippen molar-refractivity contribution >= 4 is 10.8 Å². The second kappa shape index (κ2) is 6.07. The zero-order valence-corrected chi connectivity index (χ0v) is 12.0. The van der Waals surface area contributed by atoms with E-state index in [4.69, 9.17) is 10.5 Å². The minimum atomic E-state index is 0.229. The first-order chi connectivity index (χ1) is 9.11. The Morgan fingerprint density at radius 1 is 1.00 bits per heavy atom. The summed E-state index contributed by atoms with van der Waals surface area (Å²) < 4.78 is 6.10. The highest BCUT2D eigenvalue weighted by Gasteiger charge is 2.10. The summed E-state index contributed by atoms with van der Waals surface area (Å²) in [6.45, 7) is 7.12. The van der Waals surface area contributed by atoms with Crippen LogP contribution < -0.4 is 10.5 Å². The van der Waals surface area contributed by atoms with Gasteiger partial charge in [0.25, 0.3) is 0 Å². The fourth-order valence-electron chi connectivity index (χ4n) is 2.54. The van der Waals surface area contributed by atoms with Gasteiger partial charge in [-0.1, -0.05) is 44.2 Å². The molecule has 0 saturated carbocycles. The SMILES string of the molecule is CC(C)CC(C)Oc1ccc(CN)c2ccccc12. The quantitative estimate of drug-likeness (QED) is 0.874. The lowest BCUT2D eigenvalue weighted by molar-refractivity contribution is 0.195. The first-order valence-corrected chi connectivity index (χ1v) is 6.99. The van der Waals surface area contributed by atoms with E-state index in [-0.39, 0.29) is 6.10 Å². The molecule has 2 aromatic rings. The molecule has 0 bridgehead atoms. The van der Waals surface area contributed by atoms with Crippen molar-refractivity contribution in [2.24, 2.45) is 11.7 Å². The molecule has 0 aromatic heterocycles. The fraction of sp³-hybridized carbons (Fsp3) is 0.412. The summed E-state index contributed by atoms with van der Waals surface area (Å²) in [6.07, 6.45) is 1.29. The lowest BCUT2D eigenvalue weighted by Crippen LogP contribution is -2.14. The van der Waals surface area contributed by atoms with Gasteiger partial charge in [0.2, 0.25) is 0 Å². The molecule has 0 amide bonds. The molecule has 1 atom stereocenters. The van der Waals surface area contributed by atoms with Gasteiger partial charge < -0.3 is 10.5 Å². The van der Waals surface area contributed by atoms with Crippen LogP contribution in [-0.4, -0.2) is 6.10 Å². The maximum Gasteiger partial charge on any atom is 0.127 e. The van der Waals surface area contributed by atoms with Crippen molar-refractivity contribution < 1.29 is 4.74 Å². The third kappa shape index (κ3) is 3.27. The predicted octanol–water partition coefficient (Wildman–Crippen LogP) is 4.11. The maximum atomic E-state index is 6.10. The predicted molar refractivity (Wildman–Crippen MR) is 81.4 cm³/mol. The van der Waals surface area contributed by atoms with Crippen molar-refractivity contribution in [3.63, 3.8) is 0 Å². The number of rotatable bonds is 5. The van der Waals surface area contributed by atoms with Gasteiger partial charge in [-0.2, -0.15) is 0 Å². The summed E-state index contributed by atoms with van der Waals surface area (Å²) in [5.74, 6) is 1.60. The lowest BCUT2D eigenvalue weighted by Gasteiger charge is -2.18. The van der Waals surface area contributed by atoms with E-state index in [1.54, 1.807) is 0 Å². The molecule has 2 N–H and O–H groups in total. The molecule has 2 heteroatoms. The topological polar surface area (TPSA) is 35.2 Å². The normalized spacial score (nSPS) is 12.9. The minimum Gasteiger partial charge on any atom is -0.490 e. The summed E-state index contributed by atoms with van der Waals surface area (Å²) in [7, 11) is 0. The molecule has 2 rings (SSSR count). The van der Waals surface area contributed by atoms with Gasteiger partial charge in [0.15, 0.2) is 0 Å². The van der Waals surface area contributed by atoms with Crippen molar-refractivity contribution in [3.8, 4) is 5.75 Å². The Bertz CT molecular complexity index is 548. The summed E-state index contributed by atoms with van der Waals surface area (Å²) in [6, 6.07) is 12.4. The molecule has 2 aromatic carbocycles. The monoisotopic (exact) mass is 257 g/mol. The zero-order valence-electron chi connectivity index (χ0n) is 12.0. The van der Waals surface area contributed by atoms with Crippen LogP contribution in [-0.2, 0) is 6.54 Å². The minimum absolute atomic E-state index is 0.229. The van der Waals surface area contributed by atoms with Gasteiger partial charge in [-0.25, -0.2) is 0 Å². The standard InChI is InChI=1S/C17H23NO/c1-12(2)10-13(3)19-17-9-8-14(11-18)15-6-4-5-7-16(15)17/h4-9,12-13H,10-11,18H2,1-3H3. The molecule has 0 radical (unpaired) electrons. The number of nitrogens with two attached hydrogens (primary N) is 1. The maximum absolute atomic E-state index is 6.10. The van der Waals surface area contributed by atoms with Crippen molar-refractivity contribution in [1.29, 1.82) is 0 Å². The zero-order chi connectivity index (χ0) is 13.8. The van der Waals surface area contributed by atoms with Crippen molar-refractivity contribution in [2.45, 2.75) is 39.8 Å². The van der Waals surface area contributed by atoms with E-state index >= 15 is 0 Å². The van der Waals surface area contributed by atoms with Crippen molar-refractivity contribution in [2.75, 3.05) is 0 Å². The molecule has 0 aliphatic carbocycles. The fourth-order valence-corrected chi connectivity index (χ4v) is 2.54. The van der Waals surface area contributed by atoms with E-state index in [9.17, 15) is 0 Å². The lowest BCUT2D eigenvalue weighted by atomic mass is 10.0. The first-order valence-electron chi connectivity index (χ1n) is 6.99. The van der Waals surface area contributed by atoms with E-state index in [0.29, 0.717) is 12.5 Å². The van der Waals surface area contributed by atoms with E-state index in [1.165, 1.54) is 10.9 Å². The van der Waals surface area contributed by atoms with E-state index in [1.807, 2.05) is 18.2 Å². The largest absolute Gasteiger partial charge is 0.490 e. The van der Waals surface area contributed by atoms with Gasteiger partial charge in [-0.05, 0) is 36.3 Å². The number of fused-ring (bicyclic) bond motifs is 1. The molecule has 19 heavy (non-hydrogen) atoms. The number of benzene rings is 2. The molecule has 0 aliphatic rings. The Morgan fingerprint density at radius 3 is 2.32 bits per heavy atom. The molecule has 2 nitrogen and oxygen atoms in total. The highest BCUT2D eigenvalue weighted by atomic mass is 16.5. The molecular weight excluding hydrogens is 234 g/mol. The molecule has 0 heterocycles. The van der Waals surface area contributed by atoms with Crippen LogP contribution in [0.15, 0.2) is 36.4 Å². The summed E-state index contributed by atoms with van der Waals surface area (Å²) in [5, 5.41) is 2.35. The van der Waals surface area contributed by atoms with Crippen molar-refractivity contribution in [3.05, 3.63) is 42.0 Å². The Hall–Kier alpha value is -1.54. The van der Waals surface area contributed by atoms with Gasteiger partial charge in [0, 0.05) is 11.9 Å². The third-order valence-corrected chi connectivity index (χ3v) is 3.33. The Kier molecular flexibility index (Phi) is 4.43. The van der Waals surface area contributed by atoms with Gasteiger partial charge in [0.1, 0.15) is 5.75 Å². The van der Waals surface area contributed by atoms with Gasteiger partial charge in [-0.15, -0.1) is 0 Å². The molecular formula is C17H23NO. The van der Waals surface area contributed by atoms with Crippen LogP contribution in [0.3, 0.4) is 0 Å². The van der Waals surface area contributed by atoms with Crippen LogP contribution in [0, 0.1) is 5.92 Å². The highest BCUT2D eigenvalue weighted by Crippen LogP contribution is 2.29. The molecule has 0 saturated heterocycles. The van der Waals surface area contributed by atoms with Crippen LogP contribution in [0.1, 0.15) is 32.8 Å². The second-order valence-electron chi connectivity index (χ2n) is 5.53. The van der Waals surface area contributed by atoms with Crippen molar-refractivity contribution in [1.82, 2.24) is 0 Å². The summed E-state index contributed by atoms with van der Waals surface area (Å²) in [4.78, 5) is 0. The molecule has 0 aliphatic heterocycles. The Morgan fingerprint density at radius 2 is 1.68 bits per heavy atom. The molecule has 0 spiro atoms. The third-order valence-electron chi connectivity index (χ3n) is 3.33. The molecule has 1 unspecified atom stereocenters. The number of ether oxygens (including phenoxy) is 1. The average molecular weight is 257 g/mol. The summed E-state index contributed by atoms with van der Waals surface area (Å²) in [5.41, 5.74) is 6.96. The van der Waals surface area contributed by atoms with Gasteiger partial charge >= 0.3 is 0 Å². The van der Waals surface area contributed by atoms with Crippen LogP contribution in [0.25, 0.3) is 10.8 Å².